The van der Waals surface area contributed by atoms with Crippen LogP contribution in [0, 0.1) is 0 Å². The van der Waals surface area contributed by atoms with E-state index in [9.17, 15) is 4.79 Å². The van der Waals surface area contributed by atoms with Crippen molar-refractivity contribution < 1.29 is 23.7 Å². The molecule has 6 heteroatoms. The van der Waals surface area contributed by atoms with Crippen molar-refractivity contribution in [2.75, 3.05) is 26.3 Å². The van der Waals surface area contributed by atoms with Crippen molar-refractivity contribution in [3.63, 3.8) is 0 Å². The van der Waals surface area contributed by atoms with Crippen LogP contribution in [0.2, 0.25) is 0 Å². The minimum Gasteiger partial charge on any atom is -0.497 e. The van der Waals surface area contributed by atoms with Crippen LogP contribution in [0.25, 0.3) is 0 Å². The Hall–Kier alpha value is -3.15. The molecule has 0 atom stereocenters. The Morgan fingerprint density at radius 2 is 1.75 bits per heavy atom. The molecule has 0 bridgehead atoms. The Kier molecular flexibility index (Phi) is 4.56. The zero-order valence-corrected chi connectivity index (χ0v) is 13.4. The number of methoxy groups -OCH3 is 2. The topological polar surface area (TPSA) is 66.0 Å². The molecule has 124 valence electrons. The number of rotatable bonds is 6. The summed E-state index contributed by atoms with van der Waals surface area (Å²) in [5.41, 5.74) is 1.28. The Bertz CT molecular complexity index is 763. The average molecular weight is 327 g/mol. The molecule has 0 radical (unpaired) electrons. The van der Waals surface area contributed by atoms with Gasteiger partial charge in [-0.05, 0) is 18.2 Å². The van der Waals surface area contributed by atoms with Gasteiger partial charge in [0.15, 0.2) is 17.3 Å². The largest absolute Gasteiger partial charge is 0.497 e. The van der Waals surface area contributed by atoms with E-state index in [1.54, 1.807) is 56.8 Å². The van der Waals surface area contributed by atoms with Crippen LogP contribution in [0.15, 0.2) is 48.7 Å². The zero-order valence-electron chi connectivity index (χ0n) is 13.4. The second-order valence-corrected chi connectivity index (χ2v) is 5.01. The van der Waals surface area contributed by atoms with Gasteiger partial charge >= 0.3 is 0 Å². The number of hydrogen-bond donors (Lipinski definition) is 1. The highest BCUT2D eigenvalue weighted by Gasteiger charge is 2.15. The van der Waals surface area contributed by atoms with Gasteiger partial charge in [-0.2, -0.15) is 0 Å². The van der Waals surface area contributed by atoms with Crippen molar-refractivity contribution in [2.24, 2.45) is 0 Å². The molecule has 2 aromatic carbocycles. The molecule has 2 aromatic rings. The Balaban J connectivity index is 1.69. The molecule has 0 fully saturated rings. The van der Waals surface area contributed by atoms with E-state index in [4.69, 9.17) is 18.9 Å². The lowest BCUT2D eigenvalue weighted by Gasteiger charge is -2.08. The maximum atomic E-state index is 12.2. The molecule has 1 aliphatic heterocycles. The lowest BCUT2D eigenvalue weighted by molar-refractivity contribution is 0.104. The summed E-state index contributed by atoms with van der Waals surface area (Å²) >= 11 is 0. The molecule has 0 aromatic heterocycles. The number of allylic oxidation sites excluding steroid dienone is 1. The van der Waals surface area contributed by atoms with E-state index >= 15 is 0 Å². The third-order valence-corrected chi connectivity index (χ3v) is 3.49. The van der Waals surface area contributed by atoms with Crippen LogP contribution in [0.4, 0.5) is 5.69 Å². The minimum absolute atomic E-state index is 0.143. The molecule has 0 saturated carbocycles. The van der Waals surface area contributed by atoms with E-state index in [1.165, 1.54) is 6.08 Å². The first-order valence-corrected chi connectivity index (χ1v) is 7.30. The van der Waals surface area contributed by atoms with Crippen LogP contribution in [-0.2, 0) is 0 Å². The molecule has 0 spiro atoms. The van der Waals surface area contributed by atoms with Crippen molar-refractivity contribution in [3.8, 4) is 23.0 Å². The van der Waals surface area contributed by atoms with Crippen molar-refractivity contribution >= 4 is 11.5 Å². The lowest BCUT2D eigenvalue weighted by atomic mass is 10.1. The van der Waals surface area contributed by atoms with Gasteiger partial charge < -0.3 is 24.3 Å². The fraction of sp³-hybridized carbons (Fsp3) is 0.167. The minimum atomic E-state index is -0.143. The summed E-state index contributed by atoms with van der Waals surface area (Å²) in [7, 11) is 3.16. The third kappa shape index (κ3) is 3.43. The molecule has 0 amide bonds. The van der Waals surface area contributed by atoms with Gasteiger partial charge in [-0.1, -0.05) is 0 Å². The zero-order chi connectivity index (χ0) is 16.9. The maximum Gasteiger partial charge on any atom is 0.231 e. The first-order chi connectivity index (χ1) is 11.7. The smallest absolute Gasteiger partial charge is 0.231 e. The number of nitrogens with one attached hydrogen (secondary N) is 1. The fourth-order valence-corrected chi connectivity index (χ4v) is 2.25. The molecule has 0 aliphatic carbocycles. The van der Waals surface area contributed by atoms with Crippen LogP contribution < -0.4 is 24.3 Å². The molecule has 0 saturated heterocycles. The first-order valence-electron chi connectivity index (χ1n) is 7.30. The third-order valence-electron chi connectivity index (χ3n) is 3.49. The standard InChI is InChI=1S/C18H17NO5/c1-21-14-8-13(9-15(10-14)22-2)19-6-5-16(20)12-3-4-17-18(7-12)24-11-23-17/h3-10,19H,11H2,1-2H3. The average Bonchev–Trinajstić information content (AvgIpc) is 3.08. The maximum absolute atomic E-state index is 12.2. The summed E-state index contributed by atoms with van der Waals surface area (Å²) in [6, 6.07) is 10.5. The van der Waals surface area contributed by atoms with Crippen LogP contribution in [0.3, 0.4) is 0 Å². The Labute approximate surface area is 139 Å². The van der Waals surface area contributed by atoms with Crippen molar-refractivity contribution in [1.29, 1.82) is 0 Å². The SMILES string of the molecule is COc1cc(NC=CC(=O)c2ccc3c(c2)OCO3)cc(OC)c1. The number of anilines is 1. The number of ketones is 1. The monoisotopic (exact) mass is 327 g/mol. The van der Waals surface area contributed by atoms with Gasteiger partial charge in [0, 0.05) is 41.7 Å². The molecule has 3 rings (SSSR count). The second-order valence-electron chi connectivity index (χ2n) is 5.01. The van der Waals surface area contributed by atoms with E-state index in [-0.39, 0.29) is 12.6 Å². The van der Waals surface area contributed by atoms with Gasteiger partial charge in [-0.15, -0.1) is 0 Å². The Morgan fingerprint density at radius 3 is 2.46 bits per heavy atom. The second kappa shape index (κ2) is 6.95. The molecule has 0 unspecified atom stereocenters. The lowest BCUT2D eigenvalue weighted by Crippen LogP contribution is -1.97. The van der Waals surface area contributed by atoms with Crippen molar-refractivity contribution in [2.45, 2.75) is 0 Å². The molecule has 24 heavy (non-hydrogen) atoms. The van der Waals surface area contributed by atoms with Crippen LogP contribution in [-0.4, -0.2) is 26.8 Å². The van der Waals surface area contributed by atoms with Crippen LogP contribution in [0.5, 0.6) is 23.0 Å². The highest BCUT2D eigenvalue weighted by atomic mass is 16.7. The summed E-state index contributed by atoms with van der Waals surface area (Å²) in [6.45, 7) is 0.183. The number of fused-ring (bicyclic) bond motifs is 1. The van der Waals surface area contributed by atoms with Gasteiger partial charge in [-0.3, -0.25) is 4.79 Å². The highest BCUT2D eigenvalue weighted by Crippen LogP contribution is 2.32. The number of benzene rings is 2. The predicted octanol–water partition coefficient (Wildman–Crippen LogP) is 3.24. The number of carbonyl (C=O) groups is 1. The molecular weight excluding hydrogens is 310 g/mol. The summed E-state index contributed by atoms with van der Waals surface area (Å²) in [5, 5.41) is 3.03. The van der Waals surface area contributed by atoms with Gasteiger partial charge in [0.05, 0.1) is 14.2 Å². The Morgan fingerprint density at radius 1 is 1.04 bits per heavy atom. The van der Waals surface area contributed by atoms with E-state index in [0.717, 1.165) is 5.69 Å². The fourth-order valence-electron chi connectivity index (χ4n) is 2.25. The summed E-state index contributed by atoms with van der Waals surface area (Å²) in [4.78, 5) is 12.2. The van der Waals surface area contributed by atoms with E-state index in [0.29, 0.717) is 28.6 Å². The van der Waals surface area contributed by atoms with Gasteiger partial charge in [-0.25, -0.2) is 0 Å². The normalized spacial score (nSPS) is 12.2. The van der Waals surface area contributed by atoms with Crippen molar-refractivity contribution in [3.05, 3.63) is 54.2 Å². The van der Waals surface area contributed by atoms with Gasteiger partial charge in [0.25, 0.3) is 0 Å². The molecule has 1 aliphatic rings. The van der Waals surface area contributed by atoms with Gasteiger partial charge in [0.2, 0.25) is 6.79 Å². The van der Waals surface area contributed by atoms with E-state index < -0.39 is 0 Å². The summed E-state index contributed by atoms with van der Waals surface area (Å²) in [6.07, 6.45) is 3.02. The molecule has 1 heterocycles. The number of ether oxygens (including phenoxy) is 4. The van der Waals surface area contributed by atoms with E-state index in [2.05, 4.69) is 5.32 Å². The molecule has 1 N–H and O–H groups in total. The number of hydrogen-bond acceptors (Lipinski definition) is 6. The van der Waals surface area contributed by atoms with Crippen LogP contribution in [0.1, 0.15) is 10.4 Å². The summed E-state index contributed by atoms with van der Waals surface area (Å²) in [5.74, 6) is 2.41. The highest BCUT2D eigenvalue weighted by molar-refractivity contribution is 6.05. The molecule has 6 nitrogen and oxygen atoms in total. The quantitative estimate of drug-likeness (QED) is 0.649. The first kappa shape index (κ1) is 15.7. The van der Waals surface area contributed by atoms with Crippen molar-refractivity contribution in [1.82, 2.24) is 0 Å². The predicted molar refractivity (Wildman–Crippen MR) is 89.2 cm³/mol. The number of carbonyl (C=O) groups excluding carboxylic acids is 1. The molecular formula is C18H17NO5. The van der Waals surface area contributed by atoms with Crippen LogP contribution >= 0.6 is 0 Å². The summed E-state index contributed by atoms with van der Waals surface area (Å²) < 4.78 is 20.9. The van der Waals surface area contributed by atoms with Gasteiger partial charge in [0.1, 0.15) is 11.5 Å². The van der Waals surface area contributed by atoms with E-state index in [1.807, 2.05) is 0 Å².